The fraction of sp³-hybridized carbons (Fsp3) is 0.429. The largest absolute Gasteiger partial charge is 0.462 e. The Bertz CT molecular complexity index is 563. The summed E-state index contributed by atoms with van der Waals surface area (Å²) in [4.78, 5) is 23.2. The van der Waals surface area contributed by atoms with Gasteiger partial charge in [0.25, 0.3) is 0 Å². The maximum Gasteiger partial charge on any atom is 0.340 e. The topological polar surface area (TPSA) is 93.4 Å². The highest BCUT2D eigenvalue weighted by Gasteiger charge is 2.22. The number of ether oxygens (including phenoxy) is 1. The molecule has 1 saturated heterocycles. The molecule has 7 heteroatoms. The molecule has 0 aromatic heterocycles. The SMILES string of the molecule is CCOC(=O)c1cc(N)cc(Cl)c1NCC1CCC(=O)N1. The van der Waals surface area contributed by atoms with Crippen molar-refractivity contribution in [1.29, 1.82) is 0 Å². The van der Waals surface area contributed by atoms with Gasteiger partial charge in [-0.15, -0.1) is 0 Å². The summed E-state index contributed by atoms with van der Waals surface area (Å²) < 4.78 is 5.00. The molecule has 0 radical (unpaired) electrons. The van der Waals surface area contributed by atoms with E-state index >= 15 is 0 Å². The summed E-state index contributed by atoms with van der Waals surface area (Å²) in [6, 6.07) is 3.13. The van der Waals surface area contributed by atoms with Gasteiger partial charge in [0.1, 0.15) is 0 Å². The highest BCUT2D eigenvalue weighted by atomic mass is 35.5. The van der Waals surface area contributed by atoms with Crippen molar-refractivity contribution in [3.05, 3.63) is 22.7 Å². The van der Waals surface area contributed by atoms with Crippen LogP contribution in [-0.2, 0) is 9.53 Å². The predicted octanol–water partition coefficient (Wildman–Crippen LogP) is 1.79. The number of nitrogen functional groups attached to an aromatic ring is 1. The maximum atomic E-state index is 12.0. The number of nitrogens with one attached hydrogen (secondary N) is 2. The summed E-state index contributed by atoms with van der Waals surface area (Å²) in [5.41, 5.74) is 6.89. The third-order valence-corrected chi connectivity index (χ3v) is 3.52. The van der Waals surface area contributed by atoms with E-state index in [9.17, 15) is 9.59 Å². The second-order valence-corrected chi connectivity index (χ2v) is 5.24. The minimum Gasteiger partial charge on any atom is -0.462 e. The zero-order chi connectivity index (χ0) is 15.4. The summed E-state index contributed by atoms with van der Waals surface area (Å²) in [7, 11) is 0. The van der Waals surface area contributed by atoms with E-state index in [4.69, 9.17) is 22.1 Å². The Morgan fingerprint density at radius 2 is 2.33 bits per heavy atom. The quantitative estimate of drug-likeness (QED) is 0.569. The first kappa shape index (κ1) is 15.4. The molecule has 4 N–H and O–H groups in total. The first-order valence-corrected chi connectivity index (χ1v) is 7.18. The number of hydrogen-bond acceptors (Lipinski definition) is 5. The molecule has 114 valence electrons. The van der Waals surface area contributed by atoms with E-state index in [1.54, 1.807) is 13.0 Å². The van der Waals surface area contributed by atoms with Gasteiger partial charge in [0.2, 0.25) is 5.91 Å². The van der Waals surface area contributed by atoms with Crippen molar-refractivity contribution in [3.63, 3.8) is 0 Å². The number of rotatable bonds is 5. The van der Waals surface area contributed by atoms with E-state index < -0.39 is 5.97 Å². The Kier molecular flexibility index (Phi) is 4.90. The van der Waals surface area contributed by atoms with Crippen LogP contribution in [0.1, 0.15) is 30.1 Å². The van der Waals surface area contributed by atoms with Crippen molar-refractivity contribution in [2.75, 3.05) is 24.2 Å². The number of carbonyl (C=O) groups is 2. The van der Waals surface area contributed by atoms with Crippen molar-refractivity contribution in [1.82, 2.24) is 5.32 Å². The molecule has 21 heavy (non-hydrogen) atoms. The lowest BCUT2D eigenvalue weighted by atomic mass is 10.1. The molecule has 0 aliphatic carbocycles. The molecule has 1 amide bonds. The van der Waals surface area contributed by atoms with Gasteiger partial charge in [-0.25, -0.2) is 4.79 Å². The van der Waals surface area contributed by atoms with Crippen LogP contribution in [-0.4, -0.2) is 31.1 Å². The summed E-state index contributed by atoms with van der Waals surface area (Å²) in [5, 5.41) is 6.30. The van der Waals surface area contributed by atoms with E-state index in [0.29, 0.717) is 34.9 Å². The molecule has 1 aliphatic heterocycles. The number of hydrogen-bond donors (Lipinski definition) is 3. The van der Waals surface area contributed by atoms with Crippen LogP contribution in [0.2, 0.25) is 5.02 Å². The van der Waals surface area contributed by atoms with E-state index in [0.717, 1.165) is 6.42 Å². The van der Waals surface area contributed by atoms with Gasteiger partial charge in [-0.3, -0.25) is 4.79 Å². The Morgan fingerprint density at radius 3 is 2.95 bits per heavy atom. The minimum absolute atomic E-state index is 0.0289. The molecular weight excluding hydrogens is 294 g/mol. The van der Waals surface area contributed by atoms with Crippen LogP contribution in [0.15, 0.2) is 12.1 Å². The van der Waals surface area contributed by atoms with Crippen LogP contribution in [0.4, 0.5) is 11.4 Å². The number of nitrogens with two attached hydrogens (primary N) is 1. The number of benzene rings is 1. The normalized spacial score (nSPS) is 17.4. The van der Waals surface area contributed by atoms with Gasteiger partial charge in [-0.2, -0.15) is 0 Å². The predicted molar refractivity (Wildman–Crippen MR) is 81.5 cm³/mol. The zero-order valence-electron chi connectivity index (χ0n) is 11.7. The third-order valence-electron chi connectivity index (χ3n) is 3.22. The van der Waals surface area contributed by atoms with Gasteiger partial charge in [0.15, 0.2) is 0 Å². The number of carbonyl (C=O) groups excluding carboxylic acids is 2. The molecule has 1 aromatic rings. The van der Waals surface area contributed by atoms with Crippen LogP contribution in [0, 0.1) is 0 Å². The van der Waals surface area contributed by atoms with Gasteiger partial charge in [0.05, 0.1) is 22.9 Å². The molecule has 0 bridgehead atoms. The number of amides is 1. The summed E-state index contributed by atoms with van der Waals surface area (Å²) in [5.74, 6) is -0.444. The number of esters is 1. The molecule has 1 unspecified atom stereocenters. The molecule has 1 atom stereocenters. The first-order chi connectivity index (χ1) is 10.0. The Morgan fingerprint density at radius 1 is 1.57 bits per heavy atom. The molecule has 1 aliphatic rings. The lowest BCUT2D eigenvalue weighted by Crippen LogP contribution is -2.32. The van der Waals surface area contributed by atoms with Crippen molar-refractivity contribution in [2.45, 2.75) is 25.8 Å². The monoisotopic (exact) mass is 311 g/mol. The molecule has 0 spiro atoms. The lowest BCUT2D eigenvalue weighted by Gasteiger charge is -2.17. The fourth-order valence-electron chi connectivity index (χ4n) is 2.23. The van der Waals surface area contributed by atoms with Crippen molar-refractivity contribution in [3.8, 4) is 0 Å². The number of halogens is 1. The minimum atomic E-state index is -0.482. The third kappa shape index (κ3) is 3.78. The Balaban J connectivity index is 2.16. The molecule has 1 heterocycles. The molecular formula is C14H18ClN3O3. The average molecular weight is 312 g/mol. The smallest absolute Gasteiger partial charge is 0.340 e. The van der Waals surface area contributed by atoms with Crippen LogP contribution in [0.25, 0.3) is 0 Å². The van der Waals surface area contributed by atoms with E-state index in [2.05, 4.69) is 10.6 Å². The van der Waals surface area contributed by atoms with E-state index in [1.807, 2.05) is 0 Å². The Hall–Kier alpha value is -1.95. The van der Waals surface area contributed by atoms with Crippen molar-refractivity contribution in [2.24, 2.45) is 0 Å². The van der Waals surface area contributed by atoms with Crippen molar-refractivity contribution < 1.29 is 14.3 Å². The number of anilines is 2. The first-order valence-electron chi connectivity index (χ1n) is 6.80. The van der Waals surface area contributed by atoms with Gasteiger partial charge in [-0.05, 0) is 25.5 Å². The molecule has 1 aromatic carbocycles. The molecule has 2 rings (SSSR count). The van der Waals surface area contributed by atoms with Crippen LogP contribution in [0.3, 0.4) is 0 Å². The van der Waals surface area contributed by atoms with E-state index in [1.165, 1.54) is 6.07 Å². The Labute approximate surface area is 128 Å². The second kappa shape index (κ2) is 6.67. The van der Waals surface area contributed by atoms with Crippen LogP contribution < -0.4 is 16.4 Å². The van der Waals surface area contributed by atoms with Gasteiger partial charge >= 0.3 is 5.97 Å². The van der Waals surface area contributed by atoms with Crippen LogP contribution in [0.5, 0.6) is 0 Å². The zero-order valence-corrected chi connectivity index (χ0v) is 12.5. The van der Waals surface area contributed by atoms with E-state index in [-0.39, 0.29) is 18.6 Å². The highest BCUT2D eigenvalue weighted by Crippen LogP contribution is 2.30. The summed E-state index contributed by atoms with van der Waals surface area (Å²) in [6.45, 7) is 2.48. The van der Waals surface area contributed by atoms with Gasteiger partial charge in [0, 0.05) is 24.7 Å². The van der Waals surface area contributed by atoms with Crippen molar-refractivity contribution >= 4 is 34.9 Å². The van der Waals surface area contributed by atoms with Gasteiger partial charge < -0.3 is 21.1 Å². The summed E-state index contributed by atoms with van der Waals surface area (Å²) in [6.07, 6.45) is 1.28. The lowest BCUT2D eigenvalue weighted by molar-refractivity contribution is -0.119. The second-order valence-electron chi connectivity index (χ2n) is 4.83. The molecule has 1 fully saturated rings. The fourth-order valence-corrected chi connectivity index (χ4v) is 2.53. The average Bonchev–Trinajstić information content (AvgIpc) is 2.83. The molecule has 0 saturated carbocycles. The van der Waals surface area contributed by atoms with Gasteiger partial charge in [-0.1, -0.05) is 11.6 Å². The highest BCUT2D eigenvalue weighted by molar-refractivity contribution is 6.34. The standard InChI is InChI=1S/C14H18ClN3O3/c1-2-21-14(20)10-5-8(16)6-11(15)13(10)17-7-9-3-4-12(19)18-9/h5-6,9,17H,2-4,7,16H2,1H3,(H,18,19). The van der Waals surface area contributed by atoms with Crippen LogP contribution >= 0.6 is 11.6 Å². The maximum absolute atomic E-state index is 12.0. The molecule has 6 nitrogen and oxygen atoms in total. The summed E-state index contributed by atoms with van der Waals surface area (Å²) >= 11 is 6.16.